The third-order valence-electron chi connectivity index (χ3n) is 2.85. The molecule has 0 amide bonds. The van der Waals surface area contributed by atoms with Crippen molar-refractivity contribution < 1.29 is 0 Å². The lowest BCUT2D eigenvalue weighted by molar-refractivity contribution is 0.973. The second kappa shape index (κ2) is 2.65. The van der Waals surface area contributed by atoms with Crippen LogP contribution in [0.15, 0.2) is 22.3 Å². The van der Waals surface area contributed by atoms with Gasteiger partial charge in [0.25, 0.3) is 0 Å². The van der Waals surface area contributed by atoms with Gasteiger partial charge in [-0.15, -0.1) is 0 Å². The summed E-state index contributed by atoms with van der Waals surface area (Å²) in [7, 11) is 0. The Labute approximate surface area is 68.3 Å². The molecular weight excluding hydrogens is 134 g/mol. The summed E-state index contributed by atoms with van der Waals surface area (Å²) in [5, 5.41) is 7.25. The fourth-order valence-electron chi connectivity index (χ4n) is 1.63. The van der Waals surface area contributed by atoms with Crippen molar-refractivity contribution in [2.24, 2.45) is 5.92 Å². The Morgan fingerprint density at radius 3 is 1.55 bits per heavy atom. The molecule has 1 aliphatic rings. The summed E-state index contributed by atoms with van der Waals surface area (Å²) in [5.74, 6) is 0.287. The van der Waals surface area contributed by atoms with Crippen molar-refractivity contribution in [3.63, 3.8) is 0 Å². The van der Waals surface area contributed by atoms with Gasteiger partial charge in [0.1, 0.15) is 0 Å². The van der Waals surface area contributed by atoms with Crippen molar-refractivity contribution in [3.05, 3.63) is 22.3 Å². The summed E-state index contributed by atoms with van der Waals surface area (Å²) in [6.07, 6.45) is 1.53. The van der Waals surface area contributed by atoms with E-state index in [1.54, 1.807) is 0 Å². The van der Waals surface area contributed by atoms with E-state index in [0.29, 0.717) is 0 Å². The van der Waals surface area contributed by atoms with Gasteiger partial charge in [-0.1, -0.05) is 11.1 Å². The zero-order valence-corrected chi connectivity index (χ0v) is 7.65. The molecule has 0 saturated heterocycles. The molecule has 1 nitrogen and oxygen atoms in total. The molecule has 0 fully saturated rings. The minimum atomic E-state index is 0.287. The van der Waals surface area contributed by atoms with Gasteiger partial charge in [0.05, 0.1) is 0 Å². The monoisotopic (exact) mass is 149 g/mol. The Morgan fingerprint density at radius 1 is 1.00 bits per heavy atom. The maximum absolute atomic E-state index is 7.25. The molecule has 1 N–H and O–H groups in total. The Hall–Kier alpha value is -0.850. The minimum Gasteiger partial charge on any atom is -0.312 e. The first-order valence-electron chi connectivity index (χ1n) is 3.95. The van der Waals surface area contributed by atoms with E-state index in [1.165, 1.54) is 28.5 Å². The second-order valence-electron chi connectivity index (χ2n) is 3.26. The molecule has 0 aromatic heterocycles. The van der Waals surface area contributed by atoms with E-state index in [4.69, 9.17) is 5.41 Å². The van der Waals surface area contributed by atoms with Crippen LogP contribution in [0, 0.1) is 11.3 Å². The van der Waals surface area contributed by atoms with Gasteiger partial charge < -0.3 is 5.41 Å². The average molecular weight is 149 g/mol. The third kappa shape index (κ3) is 1.05. The van der Waals surface area contributed by atoms with Gasteiger partial charge in [-0.3, -0.25) is 0 Å². The SMILES string of the molecule is CC1=C(C)C(C=N)C(C)=C1C. The van der Waals surface area contributed by atoms with Gasteiger partial charge in [-0.05, 0) is 38.8 Å². The first-order valence-corrected chi connectivity index (χ1v) is 3.95. The van der Waals surface area contributed by atoms with Crippen LogP contribution in [0.1, 0.15) is 27.7 Å². The van der Waals surface area contributed by atoms with Crippen LogP contribution < -0.4 is 0 Å². The van der Waals surface area contributed by atoms with Gasteiger partial charge >= 0.3 is 0 Å². The molecule has 1 aliphatic carbocycles. The molecule has 0 aliphatic heterocycles. The van der Waals surface area contributed by atoms with Crippen molar-refractivity contribution in [2.75, 3.05) is 0 Å². The number of allylic oxidation sites excluding steroid dienone is 4. The molecule has 1 heteroatoms. The maximum atomic E-state index is 7.25. The fraction of sp³-hybridized carbons (Fsp3) is 0.500. The predicted molar refractivity (Wildman–Crippen MR) is 49.0 cm³/mol. The minimum absolute atomic E-state index is 0.287. The highest BCUT2D eigenvalue weighted by Crippen LogP contribution is 2.34. The van der Waals surface area contributed by atoms with Crippen LogP contribution in [0.2, 0.25) is 0 Å². The van der Waals surface area contributed by atoms with E-state index in [2.05, 4.69) is 27.7 Å². The lowest BCUT2D eigenvalue weighted by Gasteiger charge is -2.06. The zero-order valence-electron chi connectivity index (χ0n) is 7.65. The highest BCUT2D eigenvalue weighted by atomic mass is 14.4. The van der Waals surface area contributed by atoms with E-state index in [1.807, 2.05) is 0 Å². The van der Waals surface area contributed by atoms with Gasteiger partial charge in [0.2, 0.25) is 0 Å². The molecule has 11 heavy (non-hydrogen) atoms. The van der Waals surface area contributed by atoms with Crippen LogP contribution in [-0.2, 0) is 0 Å². The molecule has 0 unspecified atom stereocenters. The van der Waals surface area contributed by atoms with Crippen LogP contribution >= 0.6 is 0 Å². The summed E-state index contributed by atoms with van der Waals surface area (Å²) >= 11 is 0. The highest BCUT2D eigenvalue weighted by molar-refractivity contribution is 5.71. The number of nitrogens with one attached hydrogen (secondary N) is 1. The molecule has 60 valence electrons. The van der Waals surface area contributed by atoms with E-state index in [-0.39, 0.29) is 5.92 Å². The predicted octanol–water partition coefficient (Wildman–Crippen LogP) is 2.94. The number of hydrogen-bond donors (Lipinski definition) is 1. The van der Waals surface area contributed by atoms with Crippen LogP contribution in [0.3, 0.4) is 0 Å². The first-order chi connectivity index (χ1) is 5.09. The third-order valence-corrected chi connectivity index (χ3v) is 2.85. The molecule has 0 bridgehead atoms. The molecule has 1 rings (SSSR count). The molecule has 0 aromatic rings. The Balaban J connectivity index is 3.14. The summed E-state index contributed by atoms with van der Waals surface area (Å²) in [4.78, 5) is 0. The molecule has 0 heterocycles. The lowest BCUT2D eigenvalue weighted by atomic mass is 9.99. The summed E-state index contributed by atoms with van der Waals surface area (Å²) in [6.45, 7) is 8.51. The van der Waals surface area contributed by atoms with Gasteiger partial charge in [-0.25, -0.2) is 0 Å². The van der Waals surface area contributed by atoms with Gasteiger partial charge in [0.15, 0.2) is 0 Å². The zero-order chi connectivity index (χ0) is 8.59. The summed E-state index contributed by atoms with van der Waals surface area (Å²) in [5.41, 5.74) is 5.43. The van der Waals surface area contributed by atoms with Crippen molar-refractivity contribution in [1.82, 2.24) is 0 Å². The van der Waals surface area contributed by atoms with Crippen LogP contribution in [0.4, 0.5) is 0 Å². The molecule has 0 atom stereocenters. The highest BCUT2D eigenvalue weighted by Gasteiger charge is 2.21. The normalized spacial score (nSPS) is 20.0. The lowest BCUT2D eigenvalue weighted by Crippen LogP contribution is -2.00. The van der Waals surface area contributed by atoms with Crippen molar-refractivity contribution >= 4 is 6.21 Å². The number of rotatable bonds is 1. The van der Waals surface area contributed by atoms with Crippen LogP contribution in [0.25, 0.3) is 0 Å². The largest absolute Gasteiger partial charge is 0.312 e. The summed E-state index contributed by atoms with van der Waals surface area (Å²) in [6, 6.07) is 0. The topological polar surface area (TPSA) is 23.9 Å². The number of hydrogen-bond acceptors (Lipinski definition) is 1. The quantitative estimate of drug-likeness (QED) is 0.554. The average Bonchev–Trinajstić information content (AvgIpc) is 2.17. The molecule has 0 radical (unpaired) electrons. The van der Waals surface area contributed by atoms with E-state index in [0.717, 1.165) is 0 Å². The molecule has 0 aromatic carbocycles. The Kier molecular flexibility index (Phi) is 1.99. The van der Waals surface area contributed by atoms with Crippen molar-refractivity contribution in [3.8, 4) is 0 Å². The first kappa shape index (κ1) is 8.25. The Morgan fingerprint density at radius 2 is 1.36 bits per heavy atom. The van der Waals surface area contributed by atoms with Gasteiger partial charge in [-0.2, -0.15) is 0 Å². The fourth-order valence-corrected chi connectivity index (χ4v) is 1.63. The molecule has 0 saturated carbocycles. The Bertz CT molecular complexity index is 232. The summed E-state index contributed by atoms with van der Waals surface area (Å²) < 4.78 is 0. The van der Waals surface area contributed by atoms with Gasteiger partial charge in [0, 0.05) is 12.1 Å². The van der Waals surface area contributed by atoms with Crippen molar-refractivity contribution in [1.29, 1.82) is 5.41 Å². The van der Waals surface area contributed by atoms with E-state index >= 15 is 0 Å². The van der Waals surface area contributed by atoms with E-state index < -0.39 is 0 Å². The van der Waals surface area contributed by atoms with Crippen molar-refractivity contribution in [2.45, 2.75) is 27.7 Å². The van der Waals surface area contributed by atoms with Crippen LogP contribution in [-0.4, -0.2) is 6.21 Å². The van der Waals surface area contributed by atoms with Crippen LogP contribution in [0.5, 0.6) is 0 Å². The maximum Gasteiger partial charge on any atom is 0.0360 e. The molecule has 0 spiro atoms. The second-order valence-corrected chi connectivity index (χ2v) is 3.26. The standard InChI is InChI=1S/C10H15N/c1-6-7(2)9(4)10(5-11)8(6)3/h5,10-11H,1-4H3. The smallest absolute Gasteiger partial charge is 0.0360 e. The molecular formula is C10H15N. The van der Waals surface area contributed by atoms with E-state index in [9.17, 15) is 0 Å².